The first-order chi connectivity index (χ1) is 24.2. The zero-order valence-electron chi connectivity index (χ0n) is 27.7. The largest absolute Gasteiger partial charge is 0.493 e. The summed E-state index contributed by atoms with van der Waals surface area (Å²) in [5.74, 6) is -0.189. The van der Waals surface area contributed by atoms with Gasteiger partial charge in [0.2, 0.25) is 0 Å². The number of carbonyl (C=O) groups is 2. The molecule has 0 radical (unpaired) electrons. The van der Waals surface area contributed by atoms with Crippen LogP contribution in [0.15, 0.2) is 79.1 Å². The Morgan fingerprint density at radius 2 is 1.68 bits per heavy atom. The fourth-order valence-corrected chi connectivity index (χ4v) is 7.13. The van der Waals surface area contributed by atoms with Gasteiger partial charge in [0, 0.05) is 31.9 Å². The summed E-state index contributed by atoms with van der Waals surface area (Å²) in [5.41, 5.74) is 2.66. The van der Waals surface area contributed by atoms with Crippen LogP contribution in [0, 0.1) is 11.7 Å². The highest BCUT2D eigenvalue weighted by molar-refractivity contribution is 6.35. The predicted octanol–water partition coefficient (Wildman–Crippen LogP) is 7.15. The highest BCUT2D eigenvalue weighted by atomic mass is 35.5. The Hall–Kier alpha value is -4.22. The summed E-state index contributed by atoms with van der Waals surface area (Å²) in [6.07, 6.45) is 4.12. The molecule has 1 unspecified atom stereocenters. The van der Waals surface area contributed by atoms with Crippen LogP contribution < -0.4 is 14.8 Å². The van der Waals surface area contributed by atoms with Gasteiger partial charge < -0.3 is 18.9 Å². The summed E-state index contributed by atoms with van der Waals surface area (Å²) in [5, 5.41) is 3.93. The van der Waals surface area contributed by atoms with Crippen LogP contribution in [0.2, 0.25) is 10.0 Å². The number of esters is 2. The molecule has 4 heterocycles. The van der Waals surface area contributed by atoms with E-state index in [1.165, 1.54) is 38.7 Å². The number of hydrogen-bond acceptors (Lipinski definition) is 9. The third-order valence-corrected chi connectivity index (χ3v) is 9.98. The van der Waals surface area contributed by atoms with Crippen LogP contribution >= 0.6 is 23.2 Å². The van der Waals surface area contributed by atoms with Gasteiger partial charge in [-0.1, -0.05) is 53.5 Å². The summed E-state index contributed by atoms with van der Waals surface area (Å²) in [7, 11) is 3.06. The Morgan fingerprint density at radius 1 is 0.940 bits per heavy atom. The van der Waals surface area contributed by atoms with Gasteiger partial charge in [0.15, 0.2) is 11.5 Å². The van der Waals surface area contributed by atoms with Crippen molar-refractivity contribution in [3.63, 3.8) is 0 Å². The zero-order chi connectivity index (χ0) is 35.2. The lowest BCUT2D eigenvalue weighted by atomic mass is 9.86. The lowest BCUT2D eigenvalue weighted by Gasteiger charge is -2.44. The Bertz CT molecular complexity index is 1820. The van der Waals surface area contributed by atoms with Gasteiger partial charge in [0.25, 0.3) is 0 Å². The Labute approximate surface area is 300 Å². The minimum absolute atomic E-state index is 0.166. The van der Waals surface area contributed by atoms with Crippen LogP contribution in [0.1, 0.15) is 57.6 Å². The number of fused-ring (bicyclic) bond motifs is 3. The summed E-state index contributed by atoms with van der Waals surface area (Å²) in [4.78, 5) is 33.6. The van der Waals surface area contributed by atoms with Gasteiger partial charge in [-0.3, -0.25) is 15.2 Å². The number of aromatic nitrogens is 1. The molecule has 3 fully saturated rings. The number of rotatable bonds is 13. The molecule has 12 heteroatoms. The van der Waals surface area contributed by atoms with E-state index in [0.717, 1.165) is 25.9 Å². The maximum Gasteiger partial charge on any atom is 0.338 e. The van der Waals surface area contributed by atoms with Gasteiger partial charge in [0.05, 0.1) is 29.8 Å². The molecule has 1 aromatic heterocycles. The lowest BCUT2D eigenvalue weighted by Crippen LogP contribution is -2.52. The molecule has 0 aliphatic carbocycles. The predicted molar refractivity (Wildman–Crippen MR) is 187 cm³/mol. The van der Waals surface area contributed by atoms with E-state index in [0.29, 0.717) is 61.8 Å². The standard InChI is InChI=1S/C38H38Cl2FN3O6/c1-47-32-10-9-25(17-34(32)48-2)33(18-29-30(39)20-42-21-31(29)40)49-37(45)27-7-3-5-23(15-27)19-43-36(26-6-4-8-28(41)16-26)38(46)50-35-22-44-13-11-24(35)12-14-44/h3-10,15-17,20-21,24,33,35-36,43H,11-14,18-19,22H2,1-2H3/t33-,35-,36?/m0/s1. The molecule has 50 heavy (non-hydrogen) atoms. The quantitative estimate of drug-likeness (QED) is 0.144. The molecule has 9 nitrogen and oxygen atoms in total. The Balaban J connectivity index is 1.20. The van der Waals surface area contributed by atoms with Crippen molar-refractivity contribution in [1.82, 2.24) is 15.2 Å². The molecule has 3 saturated heterocycles. The molecule has 1 N–H and O–H groups in total. The number of nitrogens with zero attached hydrogens (tertiary/aromatic N) is 2. The second-order valence-electron chi connectivity index (χ2n) is 12.5. The third-order valence-electron chi connectivity index (χ3n) is 9.32. The van der Waals surface area contributed by atoms with Gasteiger partial charge in [0.1, 0.15) is 24.1 Å². The molecule has 3 aromatic carbocycles. The average molecular weight is 723 g/mol. The highest BCUT2D eigenvalue weighted by Gasteiger charge is 2.38. The van der Waals surface area contributed by atoms with Crippen molar-refractivity contribution in [2.45, 2.75) is 44.1 Å². The molecule has 3 atom stereocenters. The summed E-state index contributed by atoms with van der Waals surface area (Å²) >= 11 is 12.9. The number of ether oxygens (including phenoxy) is 4. The fourth-order valence-electron chi connectivity index (χ4n) is 6.61. The second kappa shape index (κ2) is 16.2. The monoisotopic (exact) mass is 721 g/mol. The van der Waals surface area contributed by atoms with E-state index in [4.69, 9.17) is 42.1 Å². The van der Waals surface area contributed by atoms with E-state index in [1.54, 1.807) is 48.5 Å². The number of pyridine rings is 1. The van der Waals surface area contributed by atoms with Gasteiger partial charge in [-0.25, -0.2) is 14.0 Å². The van der Waals surface area contributed by atoms with E-state index < -0.39 is 29.9 Å². The number of halogens is 3. The molecule has 0 saturated carbocycles. The molecule has 262 valence electrons. The van der Waals surface area contributed by atoms with E-state index in [9.17, 15) is 14.0 Å². The summed E-state index contributed by atoms with van der Waals surface area (Å²) < 4.78 is 37.3. The smallest absolute Gasteiger partial charge is 0.338 e. The second-order valence-corrected chi connectivity index (χ2v) is 13.3. The number of carbonyl (C=O) groups excluding carboxylic acids is 2. The normalized spacial score (nSPS) is 19.3. The van der Waals surface area contributed by atoms with Gasteiger partial charge >= 0.3 is 11.9 Å². The molecular formula is C38H38Cl2FN3O6. The SMILES string of the molecule is COc1ccc([C@H](Cc2c(Cl)cncc2Cl)OC(=O)c2cccc(CNC(C(=O)O[C@H]3CN4CCC3CC4)c3cccc(F)c3)c2)cc1OC. The van der Waals surface area contributed by atoms with Crippen molar-refractivity contribution in [1.29, 1.82) is 0 Å². The van der Waals surface area contributed by atoms with E-state index in [1.807, 2.05) is 6.07 Å². The van der Waals surface area contributed by atoms with E-state index >= 15 is 0 Å². The van der Waals surface area contributed by atoms with Crippen molar-refractivity contribution in [3.05, 3.63) is 123 Å². The van der Waals surface area contributed by atoms with Crippen molar-refractivity contribution in [3.8, 4) is 11.5 Å². The fraction of sp³-hybridized carbons (Fsp3) is 0.342. The molecule has 7 rings (SSSR count). The molecule has 3 aliphatic heterocycles. The molecule has 3 aliphatic rings. The van der Waals surface area contributed by atoms with Crippen LogP contribution in [-0.4, -0.2) is 61.8 Å². The number of methoxy groups -OCH3 is 2. The molecule has 2 bridgehead atoms. The van der Waals surface area contributed by atoms with Crippen molar-refractivity contribution in [2.24, 2.45) is 5.92 Å². The average Bonchev–Trinajstić information content (AvgIpc) is 3.13. The molecule has 0 amide bonds. The topological polar surface area (TPSA) is 99.2 Å². The minimum Gasteiger partial charge on any atom is -0.493 e. The number of nitrogens with one attached hydrogen (secondary N) is 1. The minimum atomic E-state index is -0.916. The van der Waals surface area contributed by atoms with Gasteiger partial charge in [-0.15, -0.1) is 0 Å². The summed E-state index contributed by atoms with van der Waals surface area (Å²) in [6.45, 7) is 2.94. The summed E-state index contributed by atoms with van der Waals surface area (Å²) in [6, 6.07) is 17.2. The van der Waals surface area contributed by atoms with Crippen LogP contribution in [0.4, 0.5) is 4.39 Å². The molecule has 4 aromatic rings. The van der Waals surface area contributed by atoms with E-state index in [2.05, 4.69) is 15.2 Å². The third kappa shape index (κ3) is 8.38. The number of benzene rings is 3. The molecular weight excluding hydrogens is 684 g/mol. The zero-order valence-corrected chi connectivity index (χ0v) is 29.3. The maximum atomic E-state index is 14.3. The van der Waals surface area contributed by atoms with Crippen molar-refractivity contribution >= 4 is 35.1 Å². The Kier molecular flexibility index (Phi) is 11.5. The van der Waals surface area contributed by atoms with Crippen LogP contribution in [0.5, 0.6) is 11.5 Å². The van der Waals surface area contributed by atoms with Crippen molar-refractivity contribution in [2.75, 3.05) is 33.9 Å². The van der Waals surface area contributed by atoms with Crippen molar-refractivity contribution < 1.29 is 32.9 Å². The molecule has 0 spiro atoms. The maximum absolute atomic E-state index is 14.3. The first-order valence-corrected chi connectivity index (χ1v) is 17.2. The lowest BCUT2D eigenvalue weighted by molar-refractivity contribution is -0.161. The van der Waals surface area contributed by atoms with Gasteiger partial charge in [-0.2, -0.15) is 0 Å². The number of piperidine rings is 3. The van der Waals surface area contributed by atoms with Crippen LogP contribution in [0.25, 0.3) is 0 Å². The van der Waals surface area contributed by atoms with E-state index in [-0.39, 0.29) is 19.1 Å². The van der Waals surface area contributed by atoms with Crippen LogP contribution in [0.3, 0.4) is 0 Å². The first kappa shape index (κ1) is 35.6. The number of hydrogen-bond donors (Lipinski definition) is 1. The Morgan fingerprint density at radius 3 is 2.36 bits per heavy atom. The first-order valence-electron chi connectivity index (χ1n) is 16.4. The highest BCUT2D eigenvalue weighted by Crippen LogP contribution is 2.36. The van der Waals surface area contributed by atoms with Gasteiger partial charge in [-0.05, 0) is 90.5 Å². The van der Waals surface area contributed by atoms with Crippen LogP contribution in [-0.2, 0) is 27.2 Å².